The second-order valence-corrected chi connectivity index (χ2v) is 6.84. The number of halogens is 1. The van der Waals surface area contributed by atoms with Gasteiger partial charge in [0.25, 0.3) is 5.91 Å². The highest BCUT2D eigenvalue weighted by atomic mass is 32.1. The van der Waals surface area contributed by atoms with Crippen molar-refractivity contribution in [2.24, 2.45) is 0 Å². The van der Waals surface area contributed by atoms with Crippen molar-refractivity contribution in [3.05, 3.63) is 52.3 Å². The van der Waals surface area contributed by atoms with Crippen LogP contribution in [-0.4, -0.2) is 22.2 Å². The minimum absolute atomic E-state index is 0.0302. The predicted molar refractivity (Wildman–Crippen MR) is 95.1 cm³/mol. The quantitative estimate of drug-likeness (QED) is 0.683. The molecule has 0 fully saturated rings. The van der Waals surface area contributed by atoms with Gasteiger partial charge < -0.3 is 5.32 Å². The Hall–Kier alpha value is -2.21. The molecule has 2 heterocycles. The maximum absolute atomic E-state index is 13.0. The van der Waals surface area contributed by atoms with Crippen LogP contribution in [0.4, 0.5) is 4.39 Å². The average molecular weight is 345 g/mol. The summed E-state index contributed by atoms with van der Waals surface area (Å²) in [5, 5.41) is 8.49. The van der Waals surface area contributed by atoms with Crippen LogP contribution in [0.15, 0.2) is 30.3 Å². The van der Waals surface area contributed by atoms with Crippen molar-refractivity contribution in [3.8, 4) is 0 Å². The topological polar surface area (TPSA) is 46.9 Å². The Morgan fingerprint density at radius 1 is 1.33 bits per heavy atom. The van der Waals surface area contributed by atoms with Crippen molar-refractivity contribution < 1.29 is 9.18 Å². The van der Waals surface area contributed by atoms with E-state index >= 15 is 0 Å². The number of rotatable bonds is 6. The molecule has 0 aliphatic heterocycles. The second-order valence-electron chi connectivity index (χ2n) is 5.81. The van der Waals surface area contributed by atoms with E-state index in [0.717, 1.165) is 34.3 Å². The Bertz CT molecular complexity index is 851. The summed E-state index contributed by atoms with van der Waals surface area (Å²) in [6, 6.07) is 8.31. The van der Waals surface area contributed by atoms with Crippen LogP contribution >= 0.6 is 11.3 Å². The number of unbranched alkanes of at least 4 members (excludes halogenated alkanes) is 1. The lowest BCUT2D eigenvalue weighted by atomic mass is 10.2. The number of nitrogens with one attached hydrogen (secondary N) is 1. The van der Waals surface area contributed by atoms with Crippen molar-refractivity contribution in [1.29, 1.82) is 0 Å². The molecule has 126 valence electrons. The zero-order valence-corrected chi connectivity index (χ0v) is 14.6. The fraction of sp³-hybridized carbons (Fsp3) is 0.333. The van der Waals surface area contributed by atoms with E-state index in [1.807, 2.05) is 17.7 Å². The van der Waals surface area contributed by atoms with Crippen LogP contribution in [0.3, 0.4) is 0 Å². The number of benzene rings is 1. The normalized spacial score (nSPS) is 11.1. The lowest BCUT2D eigenvalue weighted by molar-refractivity contribution is 0.0957. The van der Waals surface area contributed by atoms with E-state index in [1.54, 1.807) is 12.1 Å². The summed E-state index contributed by atoms with van der Waals surface area (Å²) in [6.45, 7) is 5.29. The first-order chi connectivity index (χ1) is 11.6. The summed E-state index contributed by atoms with van der Waals surface area (Å²) in [5.74, 6) is -0.278. The standard InChI is InChI=1S/C18H20FN3OS/c1-3-4-9-20-17(23)16-10-15-12(2)21-22(18(15)24-16)11-13-5-7-14(19)8-6-13/h5-8,10H,3-4,9,11H2,1-2H3,(H,20,23). The van der Waals surface area contributed by atoms with E-state index in [4.69, 9.17) is 0 Å². The highest BCUT2D eigenvalue weighted by Crippen LogP contribution is 2.28. The van der Waals surface area contributed by atoms with Crippen LogP contribution in [0, 0.1) is 12.7 Å². The van der Waals surface area contributed by atoms with Crippen LogP contribution < -0.4 is 5.32 Å². The first-order valence-corrected chi connectivity index (χ1v) is 8.89. The number of carbonyl (C=O) groups excluding carboxylic acids is 1. The Morgan fingerprint density at radius 2 is 2.08 bits per heavy atom. The molecule has 0 atom stereocenters. The number of aromatic nitrogens is 2. The molecule has 0 bridgehead atoms. The molecule has 1 aromatic carbocycles. The summed E-state index contributed by atoms with van der Waals surface area (Å²) in [6.07, 6.45) is 2.03. The van der Waals surface area contributed by atoms with Gasteiger partial charge in [-0.2, -0.15) is 5.10 Å². The summed E-state index contributed by atoms with van der Waals surface area (Å²) in [5.41, 5.74) is 1.87. The molecule has 3 rings (SSSR count). The maximum Gasteiger partial charge on any atom is 0.261 e. The number of hydrogen-bond donors (Lipinski definition) is 1. The second kappa shape index (κ2) is 7.13. The molecule has 4 nitrogen and oxygen atoms in total. The SMILES string of the molecule is CCCCNC(=O)c1cc2c(C)nn(Cc3ccc(F)cc3)c2s1. The summed E-state index contributed by atoms with van der Waals surface area (Å²) >= 11 is 1.45. The third-order valence-electron chi connectivity index (χ3n) is 3.89. The molecule has 2 aromatic heterocycles. The molecule has 0 aliphatic carbocycles. The molecular formula is C18H20FN3OS. The van der Waals surface area contributed by atoms with E-state index in [0.29, 0.717) is 18.0 Å². The van der Waals surface area contributed by atoms with Gasteiger partial charge in [0, 0.05) is 11.9 Å². The Morgan fingerprint density at radius 3 is 2.79 bits per heavy atom. The third kappa shape index (κ3) is 3.48. The van der Waals surface area contributed by atoms with Crippen LogP contribution in [0.5, 0.6) is 0 Å². The van der Waals surface area contributed by atoms with Gasteiger partial charge in [0.05, 0.1) is 17.1 Å². The largest absolute Gasteiger partial charge is 0.351 e. The number of amides is 1. The molecule has 0 spiro atoms. The molecule has 1 N–H and O–H groups in total. The average Bonchev–Trinajstić information content (AvgIpc) is 3.12. The molecule has 6 heteroatoms. The Balaban J connectivity index is 1.84. The minimum atomic E-state index is -0.247. The van der Waals surface area contributed by atoms with Gasteiger partial charge in [-0.15, -0.1) is 11.3 Å². The molecule has 0 radical (unpaired) electrons. The van der Waals surface area contributed by atoms with Gasteiger partial charge in [0.15, 0.2) is 0 Å². The number of hydrogen-bond acceptors (Lipinski definition) is 3. The number of fused-ring (bicyclic) bond motifs is 1. The molecule has 24 heavy (non-hydrogen) atoms. The minimum Gasteiger partial charge on any atom is -0.351 e. The molecule has 3 aromatic rings. The summed E-state index contributed by atoms with van der Waals surface area (Å²) in [4.78, 5) is 13.9. The fourth-order valence-electron chi connectivity index (χ4n) is 2.56. The first kappa shape index (κ1) is 16.6. The highest BCUT2D eigenvalue weighted by molar-refractivity contribution is 7.20. The molecule has 0 unspecified atom stereocenters. The smallest absolute Gasteiger partial charge is 0.261 e. The molecule has 1 amide bonds. The van der Waals surface area contributed by atoms with Crippen LogP contribution in [0.1, 0.15) is 40.7 Å². The van der Waals surface area contributed by atoms with Crippen molar-refractivity contribution in [1.82, 2.24) is 15.1 Å². The van der Waals surface area contributed by atoms with E-state index in [-0.39, 0.29) is 11.7 Å². The van der Waals surface area contributed by atoms with Crippen molar-refractivity contribution in [3.63, 3.8) is 0 Å². The molecule has 0 saturated carbocycles. The first-order valence-electron chi connectivity index (χ1n) is 8.08. The predicted octanol–water partition coefficient (Wildman–Crippen LogP) is 4.12. The third-order valence-corrected chi connectivity index (χ3v) is 5.04. The molecule has 0 saturated heterocycles. The van der Waals surface area contributed by atoms with Crippen molar-refractivity contribution in [2.45, 2.75) is 33.2 Å². The zero-order valence-electron chi connectivity index (χ0n) is 13.8. The van der Waals surface area contributed by atoms with Gasteiger partial charge in [-0.3, -0.25) is 9.48 Å². The lowest BCUT2D eigenvalue weighted by Crippen LogP contribution is -2.23. The van der Waals surface area contributed by atoms with E-state index in [2.05, 4.69) is 17.3 Å². The zero-order chi connectivity index (χ0) is 17.1. The summed E-state index contributed by atoms with van der Waals surface area (Å²) < 4.78 is 14.9. The monoisotopic (exact) mass is 345 g/mol. The fourth-order valence-corrected chi connectivity index (χ4v) is 3.64. The Kier molecular flexibility index (Phi) is 4.94. The van der Waals surface area contributed by atoms with Gasteiger partial charge in [-0.1, -0.05) is 25.5 Å². The number of thiophene rings is 1. The van der Waals surface area contributed by atoms with Crippen LogP contribution in [0.2, 0.25) is 0 Å². The highest BCUT2D eigenvalue weighted by Gasteiger charge is 2.16. The van der Waals surface area contributed by atoms with Gasteiger partial charge in [0.1, 0.15) is 10.6 Å². The van der Waals surface area contributed by atoms with Crippen LogP contribution in [-0.2, 0) is 6.54 Å². The molecular weight excluding hydrogens is 325 g/mol. The van der Waals surface area contributed by atoms with Gasteiger partial charge in [-0.25, -0.2) is 4.39 Å². The lowest BCUT2D eigenvalue weighted by Gasteiger charge is -2.03. The van der Waals surface area contributed by atoms with Crippen molar-refractivity contribution >= 4 is 27.5 Å². The summed E-state index contributed by atoms with van der Waals surface area (Å²) in [7, 11) is 0. The van der Waals surface area contributed by atoms with E-state index in [9.17, 15) is 9.18 Å². The van der Waals surface area contributed by atoms with Crippen molar-refractivity contribution in [2.75, 3.05) is 6.54 Å². The number of carbonyl (C=O) groups is 1. The van der Waals surface area contributed by atoms with Gasteiger partial charge in [0.2, 0.25) is 0 Å². The number of aryl methyl sites for hydroxylation is 1. The Labute approximate surface area is 144 Å². The van der Waals surface area contributed by atoms with E-state index in [1.165, 1.54) is 23.5 Å². The molecule has 0 aliphatic rings. The maximum atomic E-state index is 13.0. The van der Waals surface area contributed by atoms with E-state index < -0.39 is 0 Å². The number of nitrogens with zero attached hydrogens (tertiary/aromatic N) is 2. The van der Waals surface area contributed by atoms with Gasteiger partial charge in [-0.05, 0) is 37.1 Å². The van der Waals surface area contributed by atoms with Crippen LogP contribution in [0.25, 0.3) is 10.2 Å². The van der Waals surface area contributed by atoms with Gasteiger partial charge >= 0.3 is 0 Å².